The fraction of sp³-hybridized carbons (Fsp3) is 0.304. The highest BCUT2D eigenvalue weighted by Gasteiger charge is 2.35. The molecular weight excluding hydrogens is 446 g/mol. The number of nitrogens with zero attached hydrogens (tertiary/aromatic N) is 2. The third-order valence-electron chi connectivity index (χ3n) is 5.64. The molecule has 1 unspecified atom stereocenters. The van der Waals surface area contributed by atoms with Crippen molar-refractivity contribution >= 4 is 49.6 Å². The maximum atomic E-state index is 13.0. The summed E-state index contributed by atoms with van der Waals surface area (Å²) < 4.78 is 27.3. The van der Waals surface area contributed by atoms with Crippen molar-refractivity contribution < 1.29 is 18.0 Å². The number of amides is 2. The van der Waals surface area contributed by atoms with Gasteiger partial charge in [-0.15, -0.1) is 11.3 Å². The number of benzene rings is 2. The normalized spacial score (nSPS) is 17.2. The molecular formula is C23H25N3O4S2. The summed E-state index contributed by atoms with van der Waals surface area (Å²) in [5.41, 5.74) is 0.694. The molecule has 2 heterocycles. The molecule has 1 fully saturated rings. The predicted octanol–water partition coefficient (Wildman–Crippen LogP) is 3.40. The van der Waals surface area contributed by atoms with Crippen molar-refractivity contribution in [3.63, 3.8) is 0 Å². The lowest BCUT2D eigenvalue weighted by molar-refractivity contribution is -0.138. The zero-order chi connectivity index (χ0) is 22.7. The molecule has 1 saturated heterocycles. The van der Waals surface area contributed by atoms with E-state index in [9.17, 15) is 18.0 Å². The first-order valence-electron chi connectivity index (χ1n) is 10.4. The Balaban J connectivity index is 1.39. The number of fused-ring (bicyclic) bond motifs is 1. The van der Waals surface area contributed by atoms with E-state index in [1.165, 1.54) is 20.5 Å². The van der Waals surface area contributed by atoms with Crippen molar-refractivity contribution in [2.24, 2.45) is 5.92 Å². The fourth-order valence-corrected chi connectivity index (χ4v) is 6.70. The van der Waals surface area contributed by atoms with E-state index in [0.717, 1.165) is 10.8 Å². The van der Waals surface area contributed by atoms with E-state index >= 15 is 0 Å². The van der Waals surface area contributed by atoms with Crippen LogP contribution in [0.4, 0.5) is 5.69 Å². The van der Waals surface area contributed by atoms with Crippen LogP contribution in [0.2, 0.25) is 0 Å². The van der Waals surface area contributed by atoms with Gasteiger partial charge in [0, 0.05) is 31.2 Å². The van der Waals surface area contributed by atoms with Crippen molar-refractivity contribution in [1.82, 2.24) is 9.21 Å². The third kappa shape index (κ3) is 4.69. The SMILES string of the molecule is CN(CC(=O)Nc1cccc2ccccc12)C(=O)C1CCCN(S(=O)(=O)c2cccs2)C1. The van der Waals surface area contributed by atoms with E-state index in [0.29, 0.717) is 25.1 Å². The Bertz CT molecular complexity index is 1220. The second-order valence-electron chi connectivity index (χ2n) is 7.90. The number of rotatable bonds is 6. The summed E-state index contributed by atoms with van der Waals surface area (Å²) in [7, 11) is -2.01. The molecule has 1 aliphatic rings. The average Bonchev–Trinajstić information content (AvgIpc) is 3.35. The highest BCUT2D eigenvalue weighted by molar-refractivity contribution is 7.91. The molecule has 1 aromatic heterocycles. The summed E-state index contributed by atoms with van der Waals surface area (Å²) in [6, 6.07) is 16.7. The summed E-state index contributed by atoms with van der Waals surface area (Å²) in [5, 5.41) is 6.56. The van der Waals surface area contributed by atoms with E-state index in [2.05, 4.69) is 5.32 Å². The quantitative estimate of drug-likeness (QED) is 0.597. The molecule has 0 bridgehead atoms. The van der Waals surface area contributed by atoms with Gasteiger partial charge in [-0.2, -0.15) is 4.31 Å². The Morgan fingerprint density at radius 1 is 1.12 bits per heavy atom. The molecule has 3 aromatic rings. The van der Waals surface area contributed by atoms with Gasteiger partial charge in [-0.3, -0.25) is 9.59 Å². The topological polar surface area (TPSA) is 86.8 Å². The first kappa shape index (κ1) is 22.4. The van der Waals surface area contributed by atoms with Crippen LogP contribution in [0.5, 0.6) is 0 Å². The van der Waals surface area contributed by atoms with Gasteiger partial charge in [0.15, 0.2) is 0 Å². The van der Waals surface area contributed by atoms with E-state index in [4.69, 9.17) is 0 Å². The molecule has 0 aliphatic carbocycles. The Labute approximate surface area is 191 Å². The van der Waals surface area contributed by atoms with Gasteiger partial charge in [0.25, 0.3) is 10.0 Å². The molecule has 2 aromatic carbocycles. The van der Waals surface area contributed by atoms with Crippen LogP contribution in [-0.4, -0.2) is 56.1 Å². The summed E-state index contributed by atoms with van der Waals surface area (Å²) in [6.07, 6.45) is 1.21. The molecule has 0 saturated carbocycles. The van der Waals surface area contributed by atoms with Gasteiger partial charge in [0.05, 0.1) is 12.5 Å². The maximum Gasteiger partial charge on any atom is 0.252 e. The maximum absolute atomic E-state index is 13.0. The number of hydrogen-bond acceptors (Lipinski definition) is 5. The number of carbonyl (C=O) groups excluding carboxylic acids is 2. The third-order valence-corrected chi connectivity index (χ3v) is 8.88. The number of anilines is 1. The summed E-state index contributed by atoms with van der Waals surface area (Å²) >= 11 is 1.17. The smallest absolute Gasteiger partial charge is 0.252 e. The van der Waals surface area contributed by atoms with Crippen molar-refractivity contribution in [2.75, 3.05) is 32.0 Å². The van der Waals surface area contributed by atoms with Gasteiger partial charge < -0.3 is 10.2 Å². The lowest BCUT2D eigenvalue weighted by Gasteiger charge is -2.32. The van der Waals surface area contributed by atoms with Gasteiger partial charge in [0.2, 0.25) is 11.8 Å². The van der Waals surface area contributed by atoms with Crippen LogP contribution in [0.15, 0.2) is 64.2 Å². The van der Waals surface area contributed by atoms with Gasteiger partial charge in [-0.1, -0.05) is 42.5 Å². The van der Waals surface area contributed by atoms with Crippen LogP contribution >= 0.6 is 11.3 Å². The van der Waals surface area contributed by atoms with Crippen molar-refractivity contribution in [3.05, 3.63) is 60.0 Å². The molecule has 2 amide bonds. The zero-order valence-corrected chi connectivity index (χ0v) is 19.4. The first-order valence-corrected chi connectivity index (χ1v) is 12.7. The second-order valence-corrected chi connectivity index (χ2v) is 11.0. The highest BCUT2D eigenvalue weighted by atomic mass is 32.2. The summed E-state index contributed by atoms with van der Waals surface area (Å²) in [5.74, 6) is -0.978. The molecule has 1 aliphatic heterocycles. The van der Waals surface area contributed by atoms with Crippen LogP contribution in [0.3, 0.4) is 0 Å². The van der Waals surface area contributed by atoms with Gasteiger partial charge in [0.1, 0.15) is 4.21 Å². The van der Waals surface area contributed by atoms with Crippen molar-refractivity contribution in [3.8, 4) is 0 Å². The molecule has 9 heteroatoms. The molecule has 0 spiro atoms. The molecule has 168 valence electrons. The second kappa shape index (κ2) is 9.40. The van der Waals surface area contributed by atoms with E-state index < -0.39 is 15.9 Å². The number of piperidine rings is 1. The standard InChI is InChI=1S/C23H25N3O4S2/c1-25(16-21(27)24-20-11-4-8-17-7-2-3-10-19(17)20)23(28)18-9-5-13-26(15-18)32(29,30)22-12-6-14-31-22/h2-4,6-8,10-12,14,18H,5,9,13,15-16H2,1H3,(H,24,27). The van der Waals surface area contributed by atoms with Crippen LogP contribution < -0.4 is 5.32 Å². The Kier molecular flexibility index (Phi) is 6.59. The minimum absolute atomic E-state index is 0.101. The van der Waals surface area contributed by atoms with E-state index in [1.54, 1.807) is 24.6 Å². The summed E-state index contributed by atoms with van der Waals surface area (Å²) in [4.78, 5) is 27.0. The predicted molar refractivity (Wildman–Crippen MR) is 126 cm³/mol. The number of thiophene rings is 1. The monoisotopic (exact) mass is 471 g/mol. The van der Waals surface area contributed by atoms with Crippen LogP contribution in [-0.2, 0) is 19.6 Å². The van der Waals surface area contributed by atoms with Gasteiger partial charge in [-0.05, 0) is 35.7 Å². The van der Waals surface area contributed by atoms with Crippen LogP contribution in [0.25, 0.3) is 10.8 Å². The molecule has 1 N–H and O–H groups in total. The van der Waals surface area contributed by atoms with Crippen LogP contribution in [0, 0.1) is 5.92 Å². The van der Waals surface area contributed by atoms with E-state index in [1.807, 2.05) is 42.5 Å². The molecule has 4 rings (SSSR count). The number of sulfonamides is 1. The Morgan fingerprint density at radius 3 is 2.69 bits per heavy atom. The highest BCUT2D eigenvalue weighted by Crippen LogP contribution is 2.27. The van der Waals surface area contributed by atoms with Crippen molar-refractivity contribution in [2.45, 2.75) is 17.1 Å². The molecule has 32 heavy (non-hydrogen) atoms. The number of likely N-dealkylation sites (N-methyl/N-ethyl adjacent to an activating group) is 1. The van der Waals surface area contributed by atoms with Gasteiger partial charge in [-0.25, -0.2) is 8.42 Å². The Hall–Kier alpha value is -2.75. The van der Waals surface area contributed by atoms with Gasteiger partial charge >= 0.3 is 0 Å². The van der Waals surface area contributed by atoms with Crippen molar-refractivity contribution in [1.29, 1.82) is 0 Å². The minimum atomic E-state index is -3.59. The molecule has 7 nitrogen and oxygen atoms in total. The van der Waals surface area contributed by atoms with E-state index in [-0.39, 0.29) is 29.1 Å². The number of carbonyl (C=O) groups is 2. The number of nitrogens with one attached hydrogen (secondary N) is 1. The first-order chi connectivity index (χ1) is 15.4. The average molecular weight is 472 g/mol. The zero-order valence-electron chi connectivity index (χ0n) is 17.7. The largest absolute Gasteiger partial charge is 0.336 e. The lowest BCUT2D eigenvalue weighted by Crippen LogP contribution is -2.47. The number of hydrogen-bond donors (Lipinski definition) is 1. The molecule has 0 radical (unpaired) electrons. The fourth-order valence-electron chi connectivity index (χ4n) is 4.03. The Morgan fingerprint density at radius 2 is 1.91 bits per heavy atom. The summed E-state index contributed by atoms with van der Waals surface area (Å²) in [6.45, 7) is 0.430. The minimum Gasteiger partial charge on any atom is -0.336 e. The lowest BCUT2D eigenvalue weighted by atomic mass is 9.98. The molecule has 1 atom stereocenters. The van der Waals surface area contributed by atoms with Crippen LogP contribution in [0.1, 0.15) is 12.8 Å².